The fourth-order valence-electron chi connectivity index (χ4n) is 3.09. The van der Waals surface area contributed by atoms with Crippen LogP contribution in [0.25, 0.3) is 22.2 Å². The number of rotatable bonds is 4. The lowest BCUT2D eigenvalue weighted by molar-refractivity contribution is 0.717. The second kappa shape index (κ2) is 6.75. The Bertz CT molecular complexity index is 1070. The monoisotopic (exact) mass is 343 g/mol. The number of fused-ring (bicyclic) bond motifs is 2. The van der Waals surface area contributed by atoms with Crippen molar-refractivity contribution in [2.75, 3.05) is 0 Å². The van der Waals surface area contributed by atoms with Gasteiger partial charge in [0, 0.05) is 30.2 Å². The number of hydrogen-bond acceptors (Lipinski definition) is 5. The normalized spacial score (nSPS) is 12.8. The van der Waals surface area contributed by atoms with Crippen LogP contribution < -0.4 is 0 Å². The van der Waals surface area contributed by atoms with Gasteiger partial charge in [-0.25, -0.2) is 15.0 Å². The van der Waals surface area contributed by atoms with Crippen LogP contribution in [0.2, 0.25) is 0 Å². The highest BCUT2D eigenvalue weighted by atomic mass is 14.9. The lowest BCUT2D eigenvalue weighted by atomic mass is 10.0. The summed E-state index contributed by atoms with van der Waals surface area (Å²) >= 11 is 0. The topological polar surface area (TPSA) is 64.5 Å². The van der Waals surface area contributed by atoms with Gasteiger partial charge in [0.1, 0.15) is 5.52 Å². The molecule has 5 nitrogen and oxygen atoms in total. The highest BCUT2D eigenvalue weighted by molar-refractivity contribution is 5.75. The van der Waals surface area contributed by atoms with Crippen molar-refractivity contribution < 1.29 is 0 Å². The molecule has 0 fully saturated rings. The molecule has 0 aliphatic carbocycles. The number of pyridine rings is 1. The molecular formula is C21H21N5. The van der Waals surface area contributed by atoms with Gasteiger partial charge in [0.05, 0.1) is 16.7 Å². The van der Waals surface area contributed by atoms with Crippen LogP contribution in [0.5, 0.6) is 0 Å². The van der Waals surface area contributed by atoms with Crippen molar-refractivity contribution in [1.82, 2.24) is 24.9 Å². The third-order valence-corrected chi connectivity index (χ3v) is 4.66. The Labute approximate surface area is 152 Å². The fraction of sp³-hybridized carbons (Fsp3) is 0.286. The molecular weight excluding hydrogens is 322 g/mol. The third-order valence-electron chi connectivity index (χ3n) is 4.66. The van der Waals surface area contributed by atoms with Gasteiger partial charge < -0.3 is 0 Å². The van der Waals surface area contributed by atoms with E-state index in [1.807, 2.05) is 18.3 Å². The zero-order chi connectivity index (χ0) is 18.1. The lowest BCUT2D eigenvalue weighted by Gasteiger charge is -2.12. The molecule has 1 atom stereocenters. The number of benzene rings is 1. The van der Waals surface area contributed by atoms with Gasteiger partial charge in [-0.1, -0.05) is 26.8 Å². The summed E-state index contributed by atoms with van der Waals surface area (Å²) in [7, 11) is 0. The van der Waals surface area contributed by atoms with E-state index in [0.29, 0.717) is 11.6 Å². The van der Waals surface area contributed by atoms with Crippen LogP contribution in [0.3, 0.4) is 0 Å². The van der Waals surface area contributed by atoms with Gasteiger partial charge in [0.15, 0.2) is 5.65 Å². The quantitative estimate of drug-likeness (QED) is 0.548. The predicted molar refractivity (Wildman–Crippen MR) is 103 cm³/mol. The second-order valence-electron chi connectivity index (χ2n) is 7.00. The fourth-order valence-corrected chi connectivity index (χ4v) is 3.09. The molecule has 0 saturated heterocycles. The number of nitrogens with zero attached hydrogens (tertiary/aromatic N) is 5. The highest BCUT2D eigenvalue weighted by Crippen LogP contribution is 2.22. The maximum atomic E-state index is 4.83. The Kier molecular flexibility index (Phi) is 4.29. The first kappa shape index (κ1) is 16.5. The molecule has 0 spiro atoms. The van der Waals surface area contributed by atoms with Crippen molar-refractivity contribution in [1.29, 1.82) is 0 Å². The Morgan fingerprint density at radius 3 is 2.46 bits per heavy atom. The van der Waals surface area contributed by atoms with Crippen LogP contribution in [-0.4, -0.2) is 24.9 Å². The van der Waals surface area contributed by atoms with Crippen LogP contribution in [0.1, 0.15) is 49.6 Å². The van der Waals surface area contributed by atoms with Crippen LogP contribution in [0, 0.1) is 0 Å². The molecule has 0 amide bonds. The molecule has 3 aromatic heterocycles. The van der Waals surface area contributed by atoms with E-state index in [4.69, 9.17) is 4.98 Å². The van der Waals surface area contributed by atoms with Gasteiger partial charge in [0.25, 0.3) is 0 Å². The molecule has 26 heavy (non-hydrogen) atoms. The van der Waals surface area contributed by atoms with Crippen molar-refractivity contribution in [3.05, 3.63) is 65.9 Å². The standard InChI is InChI=1S/C21H21N5/c1-13(2)15-4-5-18-20(11-15)25-16(12-24-18)10-14(3)17-6-7-19-21(26-17)23-9-8-22-19/h4-9,11-14H,10H2,1-3H3. The van der Waals surface area contributed by atoms with Crippen molar-refractivity contribution in [2.24, 2.45) is 0 Å². The van der Waals surface area contributed by atoms with Gasteiger partial charge in [-0.15, -0.1) is 0 Å². The molecule has 0 aliphatic heterocycles. The molecule has 0 radical (unpaired) electrons. The highest BCUT2D eigenvalue weighted by Gasteiger charge is 2.12. The molecule has 0 bridgehead atoms. The largest absolute Gasteiger partial charge is 0.253 e. The summed E-state index contributed by atoms with van der Waals surface area (Å²) in [5.41, 5.74) is 6.65. The van der Waals surface area contributed by atoms with E-state index in [2.05, 4.69) is 58.9 Å². The molecule has 1 unspecified atom stereocenters. The molecule has 4 aromatic rings. The SMILES string of the molecule is CC(C)c1ccc2ncc(CC(C)c3ccc4nccnc4n3)nc2c1. The molecule has 0 saturated carbocycles. The van der Waals surface area contributed by atoms with E-state index in [0.717, 1.165) is 34.4 Å². The summed E-state index contributed by atoms with van der Waals surface area (Å²) in [5, 5.41) is 0. The van der Waals surface area contributed by atoms with Gasteiger partial charge in [-0.2, -0.15) is 0 Å². The average Bonchev–Trinajstić information content (AvgIpc) is 2.67. The smallest absolute Gasteiger partial charge is 0.178 e. The Morgan fingerprint density at radius 2 is 1.62 bits per heavy atom. The van der Waals surface area contributed by atoms with E-state index >= 15 is 0 Å². The number of aromatic nitrogens is 5. The molecule has 4 rings (SSSR count). The molecule has 0 aliphatic rings. The van der Waals surface area contributed by atoms with Gasteiger partial charge in [0.2, 0.25) is 0 Å². The summed E-state index contributed by atoms with van der Waals surface area (Å²) in [6, 6.07) is 10.3. The predicted octanol–water partition coefficient (Wildman–Crippen LogP) is 4.44. The minimum absolute atomic E-state index is 0.224. The van der Waals surface area contributed by atoms with E-state index in [1.165, 1.54) is 5.56 Å². The minimum Gasteiger partial charge on any atom is -0.253 e. The molecule has 130 valence electrons. The molecule has 5 heteroatoms. The Balaban J connectivity index is 1.62. The number of hydrogen-bond donors (Lipinski definition) is 0. The van der Waals surface area contributed by atoms with Crippen molar-refractivity contribution in [3.8, 4) is 0 Å². The minimum atomic E-state index is 0.224. The van der Waals surface area contributed by atoms with E-state index in [1.54, 1.807) is 12.4 Å². The second-order valence-corrected chi connectivity index (χ2v) is 7.00. The van der Waals surface area contributed by atoms with Gasteiger partial charge >= 0.3 is 0 Å². The summed E-state index contributed by atoms with van der Waals surface area (Å²) in [5.74, 6) is 0.702. The summed E-state index contributed by atoms with van der Waals surface area (Å²) in [4.78, 5) is 22.6. The zero-order valence-electron chi connectivity index (χ0n) is 15.2. The van der Waals surface area contributed by atoms with Crippen molar-refractivity contribution in [2.45, 2.75) is 39.0 Å². The first-order valence-corrected chi connectivity index (χ1v) is 8.93. The van der Waals surface area contributed by atoms with Crippen LogP contribution >= 0.6 is 0 Å². The van der Waals surface area contributed by atoms with Crippen LogP contribution in [-0.2, 0) is 6.42 Å². The maximum Gasteiger partial charge on any atom is 0.178 e. The van der Waals surface area contributed by atoms with Gasteiger partial charge in [-0.3, -0.25) is 9.97 Å². The average molecular weight is 343 g/mol. The maximum absolute atomic E-state index is 4.83. The van der Waals surface area contributed by atoms with Gasteiger partial charge in [-0.05, 0) is 42.2 Å². The van der Waals surface area contributed by atoms with E-state index in [-0.39, 0.29) is 5.92 Å². The zero-order valence-corrected chi connectivity index (χ0v) is 15.2. The molecule has 1 aromatic carbocycles. The first-order chi connectivity index (χ1) is 12.6. The Morgan fingerprint density at radius 1 is 0.808 bits per heavy atom. The lowest BCUT2D eigenvalue weighted by Crippen LogP contribution is -2.04. The van der Waals surface area contributed by atoms with E-state index < -0.39 is 0 Å². The molecule has 3 heterocycles. The summed E-state index contributed by atoms with van der Waals surface area (Å²) in [6.07, 6.45) is 6.01. The molecule has 0 N–H and O–H groups in total. The first-order valence-electron chi connectivity index (χ1n) is 8.93. The van der Waals surface area contributed by atoms with Crippen molar-refractivity contribution in [3.63, 3.8) is 0 Å². The van der Waals surface area contributed by atoms with Crippen LogP contribution in [0.4, 0.5) is 0 Å². The van der Waals surface area contributed by atoms with Crippen LogP contribution in [0.15, 0.2) is 48.9 Å². The van der Waals surface area contributed by atoms with E-state index in [9.17, 15) is 0 Å². The third kappa shape index (κ3) is 3.25. The summed E-state index contributed by atoms with van der Waals surface area (Å²) < 4.78 is 0. The Hall–Kier alpha value is -2.95. The summed E-state index contributed by atoms with van der Waals surface area (Å²) in [6.45, 7) is 6.53. The van der Waals surface area contributed by atoms with Crippen molar-refractivity contribution >= 4 is 22.2 Å².